The number of aromatic amines is 1. The molecule has 2 aromatic rings. The molecule has 0 radical (unpaired) electrons. The van der Waals surface area contributed by atoms with Gasteiger partial charge in [-0.1, -0.05) is 25.2 Å². The smallest absolute Gasteiger partial charge is 0.144 e. The van der Waals surface area contributed by atoms with Gasteiger partial charge in [0.2, 0.25) is 0 Å². The maximum Gasteiger partial charge on any atom is 0.144 e. The quantitative estimate of drug-likeness (QED) is 0.839. The molecule has 19 heavy (non-hydrogen) atoms. The first-order valence-electron chi connectivity index (χ1n) is 5.72. The van der Waals surface area contributed by atoms with Crippen LogP contribution < -0.4 is 0 Å². The molecule has 0 saturated heterocycles. The van der Waals surface area contributed by atoms with Crippen molar-refractivity contribution in [2.24, 2.45) is 0 Å². The zero-order valence-corrected chi connectivity index (χ0v) is 12.5. The van der Waals surface area contributed by atoms with Gasteiger partial charge in [-0.3, -0.25) is 0 Å². The maximum absolute atomic E-state index is 13.6. The van der Waals surface area contributed by atoms with Crippen molar-refractivity contribution in [1.82, 2.24) is 9.97 Å². The molecular formula is C13H11BrF2N2S. The van der Waals surface area contributed by atoms with Crippen molar-refractivity contribution >= 4 is 28.1 Å². The minimum Gasteiger partial charge on any atom is -0.346 e. The second kappa shape index (κ2) is 5.88. The summed E-state index contributed by atoms with van der Waals surface area (Å²) < 4.78 is 27.6. The van der Waals surface area contributed by atoms with Crippen molar-refractivity contribution in [3.63, 3.8) is 0 Å². The molecule has 2 rings (SSSR count). The number of aromatic nitrogens is 2. The van der Waals surface area contributed by atoms with E-state index < -0.39 is 11.6 Å². The van der Waals surface area contributed by atoms with Crippen molar-refractivity contribution < 1.29 is 8.78 Å². The summed E-state index contributed by atoms with van der Waals surface area (Å²) in [6.07, 6.45) is 1.00. The lowest BCUT2D eigenvalue weighted by atomic mass is 10.1. The van der Waals surface area contributed by atoms with Crippen molar-refractivity contribution in [3.8, 4) is 0 Å². The summed E-state index contributed by atoms with van der Waals surface area (Å²) in [5.74, 6) is -0.607. The van der Waals surface area contributed by atoms with Crippen LogP contribution in [0.4, 0.5) is 8.78 Å². The Bertz CT molecular complexity index is 670. The first-order chi connectivity index (χ1) is 9.01. The summed E-state index contributed by atoms with van der Waals surface area (Å²) in [6.45, 7) is 1.98. The Morgan fingerprint density at radius 2 is 2.11 bits per heavy atom. The molecule has 1 aromatic heterocycles. The Morgan fingerprint density at radius 1 is 1.37 bits per heavy atom. The number of hydrogen-bond donors (Lipinski definition) is 1. The highest BCUT2D eigenvalue weighted by atomic mass is 79.9. The molecule has 0 atom stereocenters. The zero-order chi connectivity index (χ0) is 14.0. The number of H-pyrrole nitrogens is 1. The third-order valence-electron chi connectivity index (χ3n) is 2.71. The third kappa shape index (κ3) is 3.25. The summed E-state index contributed by atoms with van der Waals surface area (Å²) in [5.41, 5.74) is 1.29. The van der Waals surface area contributed by atoms with Gasteiger partial charge in [0.1, 0.15) is 22.1 Å². The summed E-state index contributed by atoms with van der Waals surface area (Å²) in [7, 11) is 0. The summed E-state index contributed by atoms with van der Waals surface area (Å²) >= 11 is 8.50. The van der Waals surface area contributed by atoms with Crippen LogP contribution in [-0.4, -0.2) is 9.97 Å². The predicted molar refractivity (Wildman–Crippen MR) is 75.7 cm³/mol. The second-order valence-electron chi connectivity index (χ2n) is 4.05. The summed E-state index contributed by atoms with van der Waals surface area (Å²) in [4.78, 5) is 7.30. The minimum atomic E-state index is -0.591. The van der Waals surface area contributed by atoms with E-state index in [1.54, 1.807) is 0 Å². The minimum absolute atomic E-state index is 0.246. The number of benzene rings is 1. The number of nitrogens with one attached hydrogen (secondary N) is 1. The van der Waals surface area contributed by atoms with Gasteiger partial charge in [0, 0.05) is 18.2 Å². The Labute approximate surface area is 123 Å². The fourth-order valence-electron chi connectivity index (χ4n) is 1.73. The highest BCUT2D eigenvalue weighted by Gasteiger charge is 2.09. The first-order valence-corrected chi connectivity index (χ1v) is 6.93. The third-order valence-corrected chi connectivity index (χ3v) is 4.12. The molecule has 6 heteroatoms. The van der Waals surface area contributed by atoms with E-state index in [1.165, 1.54) is 12.1 Å². The van der Waals surface area contributed by atoms with Crippen LogP contribution in [0.1, 0.15) is 24.0 Å². The molecule has 0 amide bonds. The fourth-order valence-corrected chi connectivity index (χ4v) is 2.43. The van der Waals surface area contributed by atoms with Gasteiger partial charge in [-0.2, -0.15) is 0 Å². The van der Waals surface area contributed by atoms with Gasteiger partial charge in [-0.25, -0.2) is 13.8 Å². The van der Waals surface area contributed by atoms with Crippen LogP contribution in [0.15, 0.2) is 22.7 Å². The van der Waals surface area contributed by atoms with Gasteiger partial charge in [0.25, 0.3) is 0 Å². The highest BCUT2D eigenvalue weighted by molar-refractivity contribution is 9.10. The standard InChI is InChI=1S/C13H11BrF2N2S/c1-2-10-12(14)13(19)18-11(17-10)5-7-3-4-8(15)6-9(7)16/h3-4,6H,2,5H2,1H3,(H,17,18,19). The van der Waals surface area contributed by atoms with E-state index in [1.807, 2.05) is 6.92 Å². The molecule has 0 fully saturated rings. The summed E-state index contributed by atoms with van der Waals surface area (Å²) in [6, 6.07) is 3.51. The van der Waals surface area contributed by atoms with Crippen LogP contribution in [0.3, 0.4) is 0 Å². The molecule has 1 heterocycles. The molecule has 0 saturated carbocycles. The van der Waals surface area contributed by atoms with E-state index in [0.29, 0.717) is 16.0 Å². The molecule has 100 valence electrons. The highest BCUT2D eigenvalue weighted by Crippen LogP contribution is 2.18. The fraction of sp³-hybridized carbons (Fsp3) is 0.231. The van der Waals surface area contributed by atoms with E-state index >= 15 is 0 Å². The lowest BCUT2D eigenvalue weighted by Crippen LogP contribution is -2.03. The van der Waals surface area contributed by atoms with Gasteiger partial charge in [0.15, 0.2) is 0 Å². The monoisotopic (exact) mass is 344 g/mol. The molecule has 1 N–H and O–H groups in total. The van der Waals surface area contributed by atoms with Crippen LogP contribution in [0.2, 0.25) is 0 Å². The van der Waals surface area contributed by atoms with E-state index in [-0.39, 0.29) is 6.42 Å². The van der Waals surface area contributed by atoms with Gasteiger partial charge in [-0.05, 0) is 34.0 Å². The first kappa shape index (κ1) is 14.3. The molecule has 0 aliphatic rings. The van der Waals surface area contributed by atoms with E-state index in [4.69, 9.17) is 12.2 Å². The molecule has 0 aliphatic heterocycles. The molecule has 0 aliphatic carbocycles. The maximum atomic E-state index is 13.6. The SMILES string of the molecule is CCc1[nH]c(Cc2ccc(F)cc2F)nc(=S)c1Br. The average molecular weight is 345 g/mol. The van der Waals surface area contributed by atoms with Crippen LogP contribution in [0, 0.1) is 16.3 Å². The molecule has 0 unspecified atom stereocenters. The Morgan fingerprint density at radius 3 is 2.74 bits per heavy atom. The lowest BCUT2D eigenvalue weighted by molar-refractivity contribution is 0.573. The van der Waals surface area contributed by atoms with Crippen molar-refractivity contribution in [2.75, 3.05) is 0 Å². The van der Waals surface area contributed by atoms with Crippen LogP contribution in [0.5, 0.6) is 0 Å². The van der Waals surface area contributed by atoms with E-state index in [2.05, 4.69) is 25.9 Å². The number of hydrogen-bond acceptors (Lipinski definition) is 2. The average Bonchev–Trinajstić information content (AvgIpc) is 2.37. The largest absolute Gasteiger partial charge is 0.346 e. The number of aryl methyl sites for hydroxylation is 1. The van der Waals surface area contributed by atoms with Crippen LogP contribution >= 0.6 is 28.1 Å². The zero-order valence-electron chi connectivity index (χ0n) is 10.1. The Hall–Kier alpha value is -1.14. The van der Waals surface area contributed by atoms with Crippen LogP contribution in [-0.2, 0) is 12.8 Å². The lowest BCUT2D eigenvalue weighted by Gasteiger charge is -2.07. The predicted octanol–water partition coefficient (Wildman–Crippen LogP) is 4.33. The van der Waals surface area contributed by atoms with Crippen molar-refractivity contribution in [3.05, 3.63) is 56.0 Å². The van der Waals surface area contributed by atoms with E-state index in [0.717, 1.165) is 22.7 Å². The number of nitrogens with zero attached hydrogens (tertiary/aromatic N) is 1. The normalized spacial score (nSPS) is 10.7. The van der Waals surface area contributed by atoms with Crippen molar-refractivity contribution in [1.29, 1.82) is 0 Å². The van der Waals surface area contributed by atoms with Crippen LogP contribution in [0.25, 0.3) is 0 Å². The molecule has 2 nitrogen and oxygen atoms in total. The molecule has 0 spiro atoms. The molecule has 0 bridgehead atoms. The van der Waals surface area contributed by atoms with Gasteiger partial charge >= 0.3 is 0 Å². The topological polar surface area (TPSA) is 28.7 Å². The van der Waals surface area contributed by atoms with Gasteiger partial charge in [0.05, 0.1) is 4.47 Å². The Balaban J connectivity index is 2.38. The van der Waals surface area contributed by atoms with Gasteiger partial charge in [-0.15, -0.1) is 0 Å². The van der Waals surface area contributed by atoms with Crippen molar-refractivity contribution in [2.45, 2.75) is 19.8 Å². The van der Waals surface area contributed by atoms with E-state index in [9.17, 15) is 8.78 Å². The second-order valence-corrected chi connectivity index (χ2v) is 5.23. The number of rotatable bonds is 3. The Kier molecular flexibility index (Phi) is 4.42. The summed E-state index contributed by atoms with van der Waals surface area (Å²) in [5, 5.41) is 0. The number of halogens is 3. The molecular weight excluding hydrogens is 334 g/mol. The molecule has 1 aromatic carbocycles. The van der Waals surface area contributed by atoms with Gasteiger partial charge < -0.3 is 4.98 Å².